The molecule has 0 aromatic heterocycles. The molecule has 0 bridgehead atoms. The van der Waals surface area contributed by atoms with Crippen molar-refractivity contribution >= 4 is 11.9 Å². The Balaban J connectivity index is 2.26. The van der Waals surface area contributed by atoms with E-state index in [9.17, 15) is 14.7 Å². The van der Waals surface area contributed by atoms with E-state index < -0.39 is 41.3 Å². The molecule has 6 nitrogen and oxygen atoms in total. The number of aliphatic hydroxyl groups excluding tert-OH is 1. The maximum atomic E-state index is 10.8. The smallest absolute Gasteiger partial charge is 0.324 e. The third kappa shape index (κ3) is 0.921. The summed E-state index contributed by atoms with van der Waals surface area (Å²) < 4.78 is 0. The van der Waals surface area contributed by atoms with Crippen LogP contribution in [0.1, 0.15) is 6.42 Å². The van der Waals surface area contributed by atoms with Crippen molar-refractivity contribution in [3.05, 3.63) is 0 Å². The first kappa shape index (κ1) is 9.42. The van der Waals surface area contributed by atoms with E-state index in [-0.39, 0.29) is 6.42 Å². The zero-order valence-corrected chi connectivity index (χ0v) is 7.25. The van der Waals surface area contributed by atoms with Crippen LogP contribution in [0.3, 0.4) is 0 Å². The fourth-order valence-electron chi connectivity index (χ4n) is 2.64. The highest BCUT2D eigenvalue weighted by Crippen LogP contribution is 2.61. The van der Waals surface area contributed by atoms with E-state index in [0.29, 0.717) is 0 Å². The van der Waals surface area contributed by atoms with Crippen LogP contribution in [-0.2, 0) is 9.59 Å². The number of fused-ring (bicyclic) bond motifs is 1. The lowest BCUT2D eigenvalue weighted by Gasteiger charge is -2.22. The first-order valence-electron chi connectivity index (χ1n) is 4.32. The van der Waals surface area contributed by atoms with Crippen molar-refractivity contribution in [2.24, 2.45) is 23.5 Å². The number of aliphatic carboxylic acids is 2. The number of rotatable bonds is 2. The second-order valence-corrected chi connectivity index (χ2v) is 4.08. The standard InChI is InChI=1S/C8H11NO5/c9-8(7(13)14)1-2(10)3-4(5(3)8)6(11)12/h2-5,10H,1,9H2,(H,11,12)(H,13,14)/t2-,3?,4-,5?,8-/m0/s1. The molecule has 2 aliphatic rings. The Kier molecular flexibility index (Phi) is 1.65. The van der Waals surface area contributed by atoms with Gasteiger partial charge in [0, 0.05) is 18.3 Å². The minimum absolute atomic E-state index is 0.0541. The third-order valence-electron chi connectivity index (χ3n) is 3.34. The summed E-state index contributed by atoms with van der Waals surface area (Å²) in [5.41, 5.74) is 4.02. The monoisotopic (exact) mass is 201 g/mol. The number of carbonyl (C=O) groups is 2. The van der Waals surface area contributed by atoms with Crippen LogP contribution in [0.25, 0.3) is 0 Å². The van der Waals surface area contributed by atoms with Crippen LogP contribution in [0.2, 0.25) is 0 Å². The van der Waals surface area contributed by atoms with E-state index in [1.165, 1.54) is 0 Å². The van der Waals surface area contributed by atoms with Gasteiger partial charge in [-0.05, 0) is 0 Å². The molecular formula is C8H11NO5. The number of carboxylic acid groups (broad SMARTS) is 2. The van der Waals surface area contributed by atoms with Gasteiger partial charge in [-0.2, -0.15) is 0 Å². The molecule has 5 atom stereocenters. The minimum atomic E-state index is -1.56. The van der Waals surface area contributed by atoms with Crippen molar-refractivity contribution in [3.8, 4) is 0 Å². The van der Waals surface area contributed by atoms with Gasteiger partial charge in [-0.3, -0.25) is 9.59 Å². The summed E-state index contributed by atoms with van der Waals surface area (Å²) in [5.74, 6) is -4.19. The van der Waals surface area contributed by atoms with Crippen LogP contribution < -0.4 is 5.73 Å². The molecule has 6 heteroatoms. The van der Waals surface area contributed by atoms with Crippen LogP contribution in [0.15, 0.2) is 0 Å². The Labute approximate surface area is 79.3 Å². The van der Waals surface area contributed by atoms with E-state index in [1.807, 2.05) is 0 Å². The fraction of sp³-hybridized carbons (Fsp3) is 0.750. The van der Waals surface area contributed by atoms with Gasteiger partial charge in [-0.15, -0.1) is 0 Å². The average molecular weight is 201 g/mol. The summed E-state index contributed by atoms with van der Waals surface area (Å²) >= 11 is 0. The first-order chi connectivity index (χ1) is 6.39. The van der Waals surface area contributed by atoms with Crippen LogP contribution in [0.5, 0.6) is 0 Å². The molecule has 78 valence electrons. The van der Waals surface area contributed by atoms with Gasteiger partial charge in [-0.25, -0.2) is 0 Å². The Bertz CT molecular complexity index is 317. The van der Waals surface area contributed by atoms with E-state index in [4.69, 9.17) is 15.9 Å². The second kappa shape index (κ2) is 2.46. The molecule has 2 saturated carbocycles. The predicted octanol–water partition coefficient (Wildman–Crippen LogP) is -1.52. The lowest BCUT2D eigenvalue weighted by atomic mass is 9.91. The van der Waals surface area contributed by atoms with E-state index in [0.717, 1.165) is 0 Å². The second-order valence-electron chi connectivity index (χ2n) is 4.08. The summed E-state index contributed by atoms with van der Waals surface area (Å²) in [6.45, 7) is 0. The number of carboxylic acids is 2. The summed E-state index contributed by atoms with van der Waals surface area (Å²) in [7, 11) is 0. The molecule has 2 unspecified atom stereocenters. The summed E-state index contributed by atoms with van der Waals surface area (Å²) in [6.07, 6.45) is -0.955. The molecule has 0 radical (unpaired) electrons. The van der Waals surface area contributed by atoms with Crippen molar-refractivity contribution in [1.29, 1.82) is 0 Å². The quantitative estimate of drug-likeness (QED) is 0.430. The zero-order chi connectivity index (χ0) is 10.7. The van der Waals surface area contributed by atoms with Crippen molar-refractivity contribution in [1.82, 2.24) is 0 Å². The van der Waals surface area contributed by atoms with Crippen LogP contribution in [0.4, 0.5) is 0 Å². The van der Waals surface area contributed by atoms with Crippen molar-refractivity contribution < 1.29 is 24.9 Å². The summed E-state index contributed by atoms with van der Waals surface area (Å²) in [6, 6.07) is 0. The van der Waals surface area contributed by atoms with E-state index >= 15 is 0 Å². The number of hydrogen-bond acceptors (Lipinski definition) is 4. The number of nitrogens with two attached hydrogens (primary N) is 1. The Morgan fingerprint density at radius 3 is 2.29 bits per heavy atom. The molecule has 14 heavy (non-hydrogen) atoms. The van der Waals surface area contributed by atoms with Crippen molar-refractivity contribution in [2.45, 2.75) is 18.1 Å². The third-order valence-corrected chi connectivity index (χ3v) is 3.34. The Morgan fingerprint density at radius 1 is 1.36 bits per heavy atom. The Hall–Kier alpha value is -1.14. The highest BCUT2D eigenvalue weighted by atomic mass is 16.4. The molecule has 5 N–H and O–H groups in total. The molecule has 0 saturated heterocycles. The molecule has 0 heterocycles. The molecule has 2 fully saturated rings. The van der Waals surface area contributed by atoms with Crippen molar-refractivity contribution in [3.63, 3.8) is 0 Å². The van der Waals surface area contributed by atoms with Gasteiger partial charge in [0.25, 0.3) is 0 Å². The Morgan fingerprint density at radius 2 is 1.93 bits per heavy atom. The molecule has 0 spiro atoms. The van der Waals surface area contributed by atoms with Gasteiger partial charge in [0.05, 0.1) is 12.0 Å². The minimum Gasteiger partial charge on any atom is -0.481 e. The highest BCUT2D eigenvalue weighted by Gasteiger charge is 2.73. The van der Waals surface area contributed by atoms with Gasteiger partial charge in [0.2, 0.25) is 0 Å². The summed E-state index contributed by atoms with van der Waals surface area (Å²) in [4.78, 5) is 21.5. The van der Waals surface area contributed by atoms with Gasteiger partial charge >= 0.3 is 11.9 Å². The molecule has 0 aromatic carbocycles. The normalized spacial score (nSPS) is 49.9. The molecule has 0 aromatic rings. The average Bonchev–Trinajstić information content (AvgIpc) is 2.72. The van der Waals surface area contributed by atoms with Gasteiger partial charge < -0.3 is 21.1 Å². The zero-order valence-electron chi connectivity index (χ0n) is 7.25. The van der Waals surface area contributed by atoms with Crippen LogP contribution in [0, 0.1) is 17.8 Å². The topological polar surface area (TPSA) is 121 Å². The van der Waals surface area contributed by atoms with Crippen molar-refractivity contribution in [2.75, 3.05) is 0 Å². The lowest BCUT2D eigenvalue weighted by molar-refractivity contribution is -0.146. The SMILES string of the molecule is N[C@@]1(C(=O)O)C[C@H](O)C2C1[C@H]2C(=O)O. The van der Waals surface area contributed by atoms with Crippen LogP contribution in [-0.4, -0.2) is 38.9 Å². The lowest BCUT2D eigenvalue weighted by Crippen LogP contribution is -2.50. The van der Waals surface area contributed by atoms with Gasteiger partial charge in [0.15, 0.2) is 0 Å². The highest BCUT2D eigenvalue weighted by molar-refractivity contribution is 5.85. The fourth-order valence-corrected chi connectivity index (χ4v) is 2.64. The summed E-state index contributed by atoms with van der Waals surface area (Å²) in [5, 5.41) is 27.0. The largest absolute Gasteiger partial charge is 0.481 e. The number of aliphatic hydroxyl groups is 1. The van der Waals surface area contributed by atoms with E-state index in [2.05, 4.69) is 0 Å². The molecule has 0 aliphatic heterocycles. The predicted molar refractivity (Wildman–Crippen MR) is 43.3 cm³/mol. The van der Waals surface area contributed by atoms with Gasteiger partial charge in [-0.1, -0.05) is 0 Å². The molecule has 2 rings (SSSR count). The number of hydrogen-bond donors (Lipinski definition) is 4. The maximum absolute atomic E-state index is 10.8. The van der Waals surface area contributed by atoms with E-state index in [1.54, 1.807) is 0 Å². The molecular weight excluding hydrogens is 190 g/mol. The molecule has 0 amide bonds. The molecule has 2 aliphatic carbocycles. The first-order valence-corrected chi connectivity index (χ1v) is 4.32. The maximum Gasteiger partial charge on any atom is 0.324 e. The van der Waals surface area contributed by atoms with Gasteiger partial charge in [0.1, 0.15) is 5.54 Å². The van der Waals surface area contributed by atoms with Crippen LogP contribution >= 0.6 is 0 Å².